The summed E-state index contributed by atoms with van der Waals surface area (Å²) in [4.78, 5) is 11.0. The van der Waals surface area contributed by atoms with E-state index >= 15 is 0 Å². The number of hydrogen-bond acceptors (Lipinski definition) is 3. The van der Waals surface area contributed by atoms with Crippen molar-refractivity contribution in [3.63, 3.8) is 0 Å². The largest absolute Gasteiger partial charge is 0.497 e. The number of carboxylic acids is 1. The van der Waals surface area contributed by atoms with E-state index in [1.165, 1.54) is 12.1 Å². The lowest BCUT2D eigenvalue weighted by Crippen LogP contribution is -2.08. The average Bonchev–Trinajstić information content (AvgIpc) is 2.49. The zero-order valence-electron chi connectivity index (χ0n) is 11.8. The summed E-state index contributed by atoms with van der Waals surface area (Å²) in [5, 5.41) is 12.7. The normalized spacial score (nSPS) is 11.8. The molecule has 2 aromatic rings. The maximum absolute atomic E-state index is 11.0. The Hall–Kier alpha value is -2.20. The molecule has 0 amide bonds. The van der Waals surface area contributed by atoms with Crippen LogP contribution >= 0.6 is 11.6 Å². The fourth-order valence-corrected chi connectivity index (χ4v) is 2.15. The molecule has 0 bridgehead atoms. The van der Waals surface area contributed by atoms with E-state index in [-0.39, 0.29) is 11.6 Å². The van der Waals surface area contributed by atoms with Crippen molar-refractivity contribution in [1.29, 1.82) is 0 Å². The van der Waals surface area contributed by atoms with Crippen molar-refractivity contribution in [1.82, 2.24) is 0 Å². The number of aromatic carboxylic acids is 1. The van der Waals surface area contributed by atoms with E-state index in [2.05, 4.69) is 5.32 Å². The Labute approximate surface area is 128 Å². The lowest BCUT2D eigenvalue weighted by atomic mass is 10.1. The highest BCUT2D eigenvalue weighted by atomic mass is 35.5. The molecule has 0 saturated heterocycles. The zero-order valence-corrected chi connectivity index (χ0v) is 12.5. The first-order chi connectivity index (χ1) is 10.0. The van der Waals surface area contributed by atoms with Gasteiger partial charge in [0, 0.05) is 6.04 Å². The van der Waals surface area contributed by atoms with E-state index in [1.807, 2.05) is 31.2 Å². The molecule has 0 aromatic heterocycles. The second kappa shape index (κ2) is 6.50. The third kappa shape index (κ3) is 3.67. The lowest BCUT2D eigenvalue weighted by molar-refractivity contribution is 0.0697. The smallest absolute Gasteiger partial charge is 0.335 e. The van der Waals surface area contributed by atoms with Crippen LogP contribution in [0.1, 0.15) is 28.9 Å². The van der Waals surface area contributed by atoms with Gasteiger partial charge in [-0.2, -0.15) is 0 Å². The quantitative estimate of drug-likeness (QED) is 0.868. The van der Waals surface area contributed by atoms with Crippen LogP contribution < -0.4 is 10.1 Å². The Balaban J connectivity index is 2.19. The fourth-order valence-electron chi connectivity index (χ4n) is 1.98. The minimum absolute atomic E-state index is 0.0162. The summed E-state index contributed by atoms with van der Waals surface area (Å²) >= 11 is 6.10. The SMILES string of the molecule is COc1ccc(C(C)Nc2cc(C(=O)O)ccc2Cl)cc1. The molecule has 0 fully saturated rings. The number of halogens is 1. The van der Waals surface area contributed by atoms with Gasteiger partial charge in [-0.1, -0.05) is 23.7 Å². The summed E-state index contributed by atoms with van der Waals surface area (Å²) in [6.45, 7) is 1.98. The van der Waals surface area contributed by atoms with Gasteiger partial charge in [-0.3, -0.25) is 0 Å². The predicted octanol–water partition coefficient (Wildman–Crippen LogP) is 4.22. The summed E-state index contributed by atoms with van der Waals surface area (Å²) in [5.74, 6) is -0.191. The van der Waals surface area contributed by atoms with E-state index in [0.717, 1.165) is 11.3 Å². The molecule has 0 radical (unpaired) electrons. The second-order valence-electron chi connectivity index (χ2n) is 4.64. The first-order valence-electron chi connectivity index (χ1n) is 6.44. The number of anilines is 1. The van der Waals surface area contributed by atoms with Gasteiger partial charge < -0.3 is 15.2 Å². The van der Waals surface area contributed by atoms with Crippen LogP contribution in [0, 0.1) is 0 Å². The maximum atomic E-state index is 11.0. The Kier molecular flexibility index (Phi) is 4.70. The minimum atomic E-state index is -0.980. The first-order valence-corrected chi connectivity index (χ1v) is 6.82. The molecule has 0 aliphatic carbocycles. The van der Waals surface area contributed by atoms with E-state index < -0.39 is 5.97 Å². The van der Waals surface area contributed by atoms with Gasteiger partial charge >= 0.3 is 5.97 Å². The molecule has 0 aliphatic heterocycles. The van der Waals surface area contributed by atoms with Crippen molar-refractivity contribution in [2.75, 3.05) is 12.4 Å². The zero-order chi connectivity index (χ0) is 15.4. The molecule has 1 unspecified atom stereocenters. The Morgan fingerprint density at radius 3 is 2.48 bits per heavy atom. The van der Waals surface area contributed by atoms with Crippen LogP contribution in [0.25, 0.3) is 0 Å². The number of carbonyl (C=O) groups is 1. The highest BCUT2D eigenvalue weighted by Crippen LogP contribution is 2.28. The van der Waals surface area contributed by atoms with Crippen molar-refractivity contribution < 1.29 is 14.6 Å². The number of ether oxygens (including phenoxy) is 1. The molecular formula is C16H16ClNO3. The van der Waals surface area contributed by atoms with Gasteiger partial charge in [0.05, 0.1) is 23.4 Å². The molecule has 0 saturated carbocycles. The van der Waals surface area contributed by atoms with Crippen LogP contribution in [0.4, 0.5) is 5.69 Å². The summed E-state index contributed by atoms with van der Waals surface area (Å²) < 4.78 is 5.12. The van der Waals surface area contributed by atoms with Gasteiger partial charge in [-0.15, -0.1) is 0 Å². The molecule has 2 N–H and O–H groups in total. The van der Waals surface area contributed by atoms with Crippen LogP contribution in [0.2, 0.25) is 5.02 Å². The fraction of sp³-hybridized carbons (Fsp3) is 0.188. The van der Waals surface area contributed by atoms with Crippen LogP contribution in [0.3, 0.4) is 0 Å². The molecule has 5 heteroatoms. The van der Waals surface area contributed by atoms with E-state index in [4.69, 9.17) is 21.4 Å². The number of nitrogens with one attached hydrogen (secondary N) is 1. The number of benzene rings is 2. The maximum Gasteiger partial charge on any atom is 0.335 e. The van der Waals surface area contributed by atoms with Gasteiger partial charge in [0.25, 0.3) is 0 Å². The molecule has 0 heterocycles. The van der Waals surface area contributed by atoms with E-state index in [1.54, 1.807) is 13.2 Å². The molecule has 21 heavy (non-hydrogen) atoms. The van der Waals surface area contributed by atoms with Crippen LogP contribution in [-0.4, -0.2) is 18.2 Å². The molecule has 110 valence electrons. The number of carboxylic acid groups (broad SMARTS) is 1. The number of methoxy groups -OCH3 is 1. The predicted molar refractivity (Wildman–Crippen MR) is 83.4 cm³/mol. The van der Waals surface area contributed by atoms with Crippen LogP contribution in [-0.2, 0) is 0 Å². The molecule has 1 atom stereocenters. The van der Waals surface area contributed by atoms with Gasteiger partial charge in [0.1, 0.15) is 5.75 Å². The van der Waals surface area contributed by atoms with Crippen molar-refractivity contribution in [2.24, 2.45) is 0 Å². The molecule has 2 aromatic carbocycles. The molecule has 0 aliphatic rings. The van der Waals surface area contributed by atoms with Crippen LogP contribution in [0.15, 0.2) is 42.5 Å². The highest BCUT2D eigenvalue weighted by Gasteiger charge is 2.11. The minimum Gasteiger partial charge on any atom is -0.497 e. The van der Waals surface area contributed by atoms with Gasteiger partial charge in [-0.25, -0.2) is 4.79 Å². The van der Waals surface area contributed by atoms with Crippen molar-refractivity contribution in [3.05, 3.63) is 58.6 Å². The topological polar surface area (TPSA) is 58.6 Å². The standard InChI is InChI=1S/C16H16ClNO3/c1-10(11-3-6-13(21-2)7-4-11)18-15-9-12(16(19)20)5-8-14(15)17/h3-10,18H,1-2H3,(H,19,20). The van der Waals surface area contributed by atoms with Crippen LogP contribution in [0.5, 0.6) is 5.75 Å². The monoisotopic (exact) mass is 305 g/mol. The molecular weight excluding hydrogens is 290 g/mol. The number of rotatable bonds is 5. The second-order valence-corrected chi connectivity index (χ2v) is 5.05. The number of hydrogen-bond donors (Lipinski definition) is 2. The van der Waals surface area contributed by atoms with E-state index in [0.29, 0.717) is 10.7 Å². The summed E-state index contributed by atoms with van der Waals surface area (Å²) in [7, 11) is 1.62. The molecule has 2 rings (SSSR count). The Morgan fingerprint density at radius 1 is 1.24 bits per heavy atom. The summed E-state index contributed by atoms with van der Waals surface area (Å²) in [6, 6.07) is 12.2. The molecule has 4 nitrogen and oxygen atoms in total. The molecule has 0 spiro atoms. The van der Waals surface area contributed by atoms with Gasteiger partial charge in [0.2, 0.25) is 0 Å². The third-order valence-corrected chi connectivity index (χ3v) is 3.53. The Morgan fingerprint density at radius 2 is 1.90 bits per heavy atom. The van der Waals surface area contributed by atoms with Gasteiger partial charge in [0.15, 0.2) is 0 Å². The Bertz CT molecular complexity index is 640. The summed E-state index contributed by atoms with van der Waals surface area (Å²) in [5.41, 5.74) is 1.84. The lowest BCUT2D eigenvalue weighted by Gasteiger charge is -2.17. The summed E-state index contributed by atoms with van der Waals surface area (Å²) in [6.07, 6.45) is 0. The van der Waals surface area contributed by atoms with Crippen molar-refractivity contribution in [2.45, 2.75) is 13.0 Å². The van der Waals surface area contributed by atoms with Crippen molar-refractivity contribution in [3.8, 4) is 5.75 Å². The van der Waals surface area contributed by atoms with Crippen molar-refractivity contribution >= 4 is 23.3 Å². The van der Waals surface area contributed by atoms with Gasteiger partial charge in [-0.05, 0) is 42.8 Å². The van der Waals surface area contributed by atoms with E-state index in [9.17, 15) is 4.79 Å². The third-order valence-electron chi connectivity index (χ3n) is 3.20. The first kappa shape index (κ1) is 15.2. The highest BCUT2D eigenvalue weighted by molar-refractivity contribution is 6.33. The average molecular weight is 306 g/mol.